The molecule has 0 radical (unpaired) electrons. The first-order chi connectivity index (χ1) is 12.2. The summed E-state index contributed by atoms with van der Waals surface area (Å²) < 4.78 is 5.28. The molecule has 1 amide bonds. The van der Waals surface area contributed by atoms with Crippen molar-refractivity contribution < 1.29 is 9.53 Å². The average Bonchev–Trinajstić information content (AvgIpc) is 2.99. The van der Waals surface area contributed by atoms with Crippen molar-refractivity contribution in [3.8, 4) is 0 Å². The van der Waals surface area contributed by atoms with Gasteiger partial charge in [0.1, 0.15) is 6.61 Å². The second kappa shape index (κ2) is 7.99. The molecule has 2 heterocycles. The third-order valence-electron chi connectivity index (χ3n) is 4.02. The van der Waals surface area contributed by atoms with Crippen LogP contribution in [0.4, 0.5) is 4.79 Å². The normalized spacial score (nSPS) is 18.0. The fraction of sp³-hybridized carbons (Fsp3) is 0.200. The van der Waals surface area contributed by atoms with Crippen molar-refractivity contribution in [2.45, 2.75) is 19.4 Å². The van der Waals surface area contributed by atoms with Crippen molar-refractivity contribution >= 4 is 23.8 Å². The van der Waals surface area contributed by atoms with Crippen molar-refractivity contribution in [1.82, 2.24) is 9.88 Å². The Morgan fingerprint density at radius 3 is 2.80 bits per heavy atom. The predicted octanol–water partition coefficient (Wildman–Crippen LogP) is 4.72. The van der Waals surface area contributed by atoms with Crippen LogP contribution in [0.3, 0.4) is 0 Å². The van der Waals surface area contributed by atoms with Crippen LogP contribution < -0.4 is 0 Å². The van der Waals surface area contributed by atoms with Crippen molar-refractivity contribution in [2.75, 3.05) is 6.61 Å². The quantitative estimate of drug-likeness (QED) is 0.730. The molecule has 0 N–H and O–H groups in total. The van der Waals surface area contributed by atoms with Crippen molar-refractivity contribution in [3.05, 3.63) is 82.8 Å². The van der Waals surface area contributed by atoms with Crippen LogP contribution in [0.1, 0.15) is 18.2 Å². The van der Waals surface area contributed by atoms with Gasteiger partial charge in [0.25, 0.3) is 0 Å². The highest BCUT2D eigenvalue weighted by Gasteiger charge is 2.34. The number of aromatic nitrogens is 1. The largest absolute Gasteiger partial charge is 0.447 e. The van der Waals surface area contributed by atoms with Gasteiger partial charge in [0, 0.05) is 11.9 Å². The van der Waals surface area contributed by atoms with E-state index in [4.69, 9.17) is 16.3 Å². The molecule has 0 spiro atoms. The minimum absolute atomic E-state index is 0.0241. The van der Waals surface area contributed by atoms with Crippen LogP contribution >= 0.6 is 11.6 Å². The molecular weight excluding hydrogens is 336 g/mol. The first-order valence-electron chi connectivity index (χ1n) is 8.13. The van der Waals surface area contributed by atoms with E-state index < -0.39 is 0 Å². The molecule has 128 valence electrons. The first-order valence-corrected chi connectivity index (χ1v) is 8.51. The third kappa shape index (κ3) is 4.28. The van der Waals surface area contributed by atoms with Gasteiger partial charge in [-0.1, -0.05) is 48.0 Å². The lowest BCUT2D eigenvalue weighted by Crippen LogP contribution is -2.33. The number of hydrogen-bond donors (Lipinski definition) is 0. The number of carbonyl (C=O) groups is 1. The first kappa shape index (κ1) is 17.2. The highest BCUT2D eigenvalue weighted by molar-refractivity contribution is 6.30. The number of rotatable bonds is 5. The topological polar surface area (TPSA) is 42.4 Å². The molecule has 2 aromatic rings. The van der Waals surface area contributed by atoms with Gasteiger partial charge in [-0.05, 0) is 43.2 Å². The number of carbonyl (C=O) groups excluding carboxylic acids is 1. The second-order valence-corrected chi connectivity index (χ2v) is 6.18. The molecule has 0 unspecified atom stereocenters. The number of pyridine rings is 1. The highest BCUT2D eigenvalue weighted by Crippen LogP contribution is 2.23. The van der Waals surface area contributed by atoms with Gasteiger partial charge in [0.15, 0.2) is 0 Å². The minimum Gasteiger partial charge on any atom is -0.447 e. The summed E-state index contributed by atoms with van der Waals surface area (Å²) in [6.07, 6.45) is 7.66. The monoisotopic (exact) mass is 354 g/mol. The smallest absolute Gasteiger partial charge is 0.414 e. The van der Waals surface area contributed by atoms with Crippen LogP contribution in [-0.2, 0) is 11.2 Å². The summed E-state index contributed by atoms with van der Waals surface area (Å²) in [6, 6.07) is 13.7. The third-order valence-corrected chi connectivity index (χ3v) is 4.25. The number of ether oxygens (including phenoxy) is 1. The Morgan fingerprint density at radius 1 is 1.32 bits per heavy atom. The van der Waals surface area contributed by atoms with E-state index in [1.165, 1.54) is 5.56 Å². The Morgan fingerprint density at radius 2 is 2.12 bits per heavy atom. The molecule has 1 aromatic heterocycles. The molecule has 1 aliphatic heterocycles. The van der Waals surface area contributed by atoms with Crippen molar-refractivity contribution in [3.63, 3.8) is 0 Å². The molecule has 1 saturated heterocycles. The molecule has 3 rings (SSSR count). The lowest BCUT2D eigenvalue weighted by atomic mass is 10.1. The van der Waals surface area contributed by atoms with Crippen LogP contribution in [0.5, 0.6) is 0 Å². The summed E-state index contributed by atoms with van der Waals surface area (Å²) in [5, 5.41) is 0.592. The minimum atomic E-state index is -0.317. The van der Waals surface area contributed by atoms with E-state index in [1.807, 2.05) is 49.4 Å². The second-order valence-electron chi connectivity index (χ2n) is 5.74. The maximum atomic E-state index is 12.2. The zero-order valence-corrected chi connectivity index (χ0v) is 14.7. The lowest BCUT2D eigenvalue weighted by Gasteiger charge is -2.22. The molecule has 0 aliphatic carbocycles. The molecule has 1 aromatic carbocycles. The predicted molar refractivity (Wildman–Crippen MR) is 99.2 cm³/mol. The lowest BCUT2D eigenvalue weighted by molar-refractivity contribution is 0.165. The average molecular weight is 355 g/mol. The number of allylic oxidation sites excluding steroid dienone is 2. The maximum Gasteiger partial charge on any atom is 0.414 e. The zero-order valence-electron chi connectivity index (χ0n) is 13.9. The SMILES string of the molecule is CC=C(/C=C/c1ccc(Cl)cn1)N1C(=O)OC[C@@H]1Cc1ccccc1. The Balaban J connectivity index is 1.77. The molecule has 5 heteroatoms. The van der Waals surface area contributed by atoms with Crippen molar-refractivity contribution in [2.24, 2.45) is 0 Å². The van der Waals surface area contributed by atoms with Crippen molar-refractivity contribution in [1.29, 1.82) is 0 Å². The fourth-order valence-corrected chi connectivity index (χ4v) is 2.90. The van der Waals surface area contributed by atoms with Gasteiger partial charge < -0.3 is 4.74 Å². The number of cyclic esters (lactones) is 1. The van der Waals surface area contributed by atoms with Crippen LogP contribution in [0.15, 0.2) is 66.5 Å². The number of amides is 1. The van der Waals surface area contributed by atoms with E-state index >= 15 is 0 Å². The number of halogens is 1. The van der Waals surface area contributed by atoms with Gasteiger partial charge in [0.05, 0.1) is 16.8 Å². The Hall–Kier alpha value is -2.59. The van der Waals surface area contributed by atoms with Gasteiger partial charge in [0.2, 0.25) is 0 Å². The summed E-state index contributed by atoms with van der Waals surface area (Å²) in [4.78, 5) is 18.2. The van der Waals surface area contributed by atoms with E-state index in [-0.39, 0.29) is 12.1 Å². The molecular formula is C20H19ClN2O2. The van der Waals surface area contributed by atoms with Gasteiger partial charge in [-0.3, -0.25) is 9.88 Å². The van der Waals surface area contributed by atoms with E-state index in [1.54, 1.807) is 17.2 Å². The van der Waals surface area contributed by atoms with Gasteiger partial charge in [-0.2, -0.15) is 0 Å². The maximum absolute atomic E-state index is 12.2. The Bertz CT molecular complexity index is 785. The van der Waals surface area contributed by atoms with Crippen LogP contribution in [0, 0.1) is 0 Å². The van der Waals surface area contributed by atoms with Gasteiger partial charge in [-0.25, -0.2) is 4.79 Å². The Kier molecular flexibility index (Phi) is 5.51. The zero-order chi connectivity index (χ0) is 17.6. The molecule has 25 heavy (non-hydrogen) atoms. The fourth-order valence-electron chi connectivity index (χ4n) is 2.79. The highest BCUT2D eigenvalue weighted by atomic mass is 35.5. The molecule has 1 fully saturated rings. The summed E-state index contributed by atoms with van der Waals surface area (Å²) in [7, 11) is 0. The summed E-state index contributed by atoms with van der Waals surface area (Å²) in [6.45, 7) is 2.29. The van der Waals surface area contributed by atoms with E-state index in [0.29, 0.717) is 11.6 Å². The van der Waals surface area contributed by atoms with Gasteiger partial charge >= 0.3 is 6.09 Å². The van der Waals surface area contributed by atoms with E-state index in [2.05, 4.69) is 17.1 Å². The number of hydrogen-bond acceptors (Lipinski definition) is 3. The van der Waals surface area contributed by atoms with Gasteiger partial charge in [-0.15, -0.1) is 0 Å². The van der Waals surface area contributed by atoms with Crippen LogP contribution in [0.2, 0.25) is 5.02 Å². The molecule has 0 bridgehead atoms. The summed E-state index contributed by atoms with van der Waals surface area (Å²) in [5.41, 5.74) is 2.74. The van der Waals surface area contributed by atoms with Crippen LogP contribution in [-0.4, -0.2) is 28.6 Å². The molecule has 0 saturated carbocycles. The molecule has 1 atom stereocenters. The molecule has 4 nitrogen and oxygen atoms in total. The standard InChI is InChI=1S/C20H19ClN2O2/c1-2-18(11-10-17-9-8-16(21)13-22-17)23-19(14-25-20(23)24)12-15-6-4-3-5-7-15/h2-11,13,19H,12,14H2,1H3/b11-10+,18-2?/t19-/m0/s1. The number of benzene rings is 1. The van der Waals surface area contributed by atoms with Crippen LogP contribution in [0.25, 0.3) is 6.08 Å². The Labute approximate surface area is 152 Å². The number of nitrogens with zero attached hydrogens (tertiary/aromatic N) is 2. The molecule has 1 aliphatic rings. The van der Waals surface area contributed by atoms with E-state index in [0.717, 1.165) is 17.8 Å². The van der Waals surface area contributed by atoms with E-state index in [9.17, 15) is 4.79 Å². The summed E-state index contributed by atoms with van der Waals surface area (Å²) in [5.74, 6) is 0. The summed E-state index contributed by atoms with van der Waals surface area (Å²) >= 11 is 5.85.